The third-order valence-corrected chi connectivity index (χ3v) is 5.52. The van der Waals surface area contributed by atoms with Crippen LogP contribution in [0.3, 0.4) is 0 Å². The minimum Gasteiger partial charge on any atom is -0.452 e. The second-order valence-corrected chi connectivity index (χ2v) is 7.88. The van der Waals surface area contributed by atoms with Crippen LogP contribution in [0.15, 0.2) is 53.4 Å². The molecule has 2 rings (SSSR count). The van der Waals surface area contributed by atoms with Crippen LogP contribution in [0.1, 0.15) is 15.9 Å². The molecular weight excluding hydrogens is 375 g/mol. The molecule has 27 heavy (non-hydrogen) atoms. The highest BCUT2D eigenvalue weighted by Crippen LogP contribution is 2.18. The van der Waals surface area contributed by atoms with E-state index in [0.717, 1.165) is 10.4 Å². The van der Waals surface area contributed by atoms with E-state index in [1.54, 1.807) is 18.2 Å². The molecule has 0 fully saturated rings. The summed E-state index contributed by atoms with van der Waals surface area (Å²) < 4.78 is 43.6. The van der Waals surface area contributed by atoms with E-state index in [0.29, 0.717) is 5.56 Å². The Morgan fingerprint density at radius 2 is 1.81 bits per heavy atom. The van der Waals surface area contributed by atoms with E-state index in [2.05, 4.69) is 5.32 Å². The predicted octanol–water partition coefficient (Wildman–Crippen LogP) is 1.55. The van der Waals surface area contributed by atoms with Crippen molar-refractivity contribution in [3.63, 3.8) is 0 Å². The first-order valence-electron chi connectivity index (χ1n) is 7.91. The molecule has 9 heteroatoms. The van der Waals surface area contributed by atoms with Crippen LogP contribution in [0.25, 0.3) is 0 Å². The van der Waals surface area contributed by atoms with E-state index in [9.17, 15) is 22.4 Å². The van der Waals surface area contributed by atoms with Gasteiger partial charge < -0.3 is 10.1 Å². The Bertz CT molecular complexity index is 944. The molecule has 1 N–H and O–H groups in total. The molecule has 0 spiro atoms. The van der Waals surface area contributed by atoms with Crippen molar-refractivity contribution in [1.29, 1.82) is 0 Å². The third-order valence-electron chi connectivity index (χ3n) is 3.60. The lowest BCUT2D eigenvalue weighted by Crippen LogP contribution is -2.30. The zero-order chi connectivity index (χ0) is 20.0. The normalized spacial score (nSPS) is 11.3. The van der Waals surface area contributed by atoms with E-state index < -0.39 is 34.3 Å². The van der Waals surface area contributed by atoms with Gasteiger partial charge in [0, 0.05) is 20.6 Å². The number of hydrogen-bond acceptors (Lipinski definition) is 5. The summed E-state index contributed by atoms with van der Waals surface area (Å²) in [5, 5.41) is 2.50. The van der Waals surface area contributed by atoms with Crippen LogP contribution in [0.4, 0.5) is 4.39 Å². The predicted molar refractivity (Wildman–Crippen MR) is 95.8 cm³/mol. The molecule has 0 aliphatic heterocycles. The first-order chi connectivity index (χ1) is 12.7. The molecule has 0 unspecified atom stereocenters. The average molecular weight is 394 g/mol. The Balaban J connectivity index is 1.96. The number of nitrogens with zero attached hydrogens (tertiary/aromatic N) is 1. The summed E-state index contributed by atoms with van der Waals surface area (Å²) in [5.41, 5.74) is 0.390. The molecule has 144 valence electrons. The highest BCUT2D eigenvalue weighted by atomic mass is 32.2. The fraction of sp³-hybridized carbons (Fsp3) is 0.222. The van der Waals surface area contributed by atoms with Gasteiger partial charge in [0.25, 0.3) is 5.91 Å². The maximum absolute atomic E-state index is 13.1. The third kappa shape index (κ3) is 5.35. The number of halogens is 1. The van der Waals surface area contributed by atoms with Crippen LogP contribution in [0.2, 0.25) is 0 Å². The van der Waals surface area contributed by atoms with E-state index >= 15 is 0 Å². The highest BCUT2D eigenvalue weighted by Gasteiger charge is 2.21. The summed E-state index contributed by atoms with van der Waals surface area (Å²) in [6.07, 6.45) is 0. The standard InChI is InChI=1S/C18H19FN2O5S/c1-21(2)27(24,25)16-9-4-3-6-14(16)11-20-17(22)12-26-18(23)13-7-5-8-15(19)10-13/h3-10H,11-12H2,1-2H3,(H,20,22). The van der Waals surface area contributed by atoms with Crippen LogP contribution < -0.4 is 5.32 Å². The Kier molecular flexibility index (Phi) is 6.65. The monoisotopic (exact) mass is 394 g/mol. The van der Waals surface area contributed by atoms with Crippen LogP contribution >= 0.6 is 0 Å². The molecule has 0 aromatic heterocycles. The Labute approximate surface area is 156 Å². The number of carbonyl (C=O) groups is 2. The molecular formula is C18H19FN2O5S. The number of nitrogens with one attached hydrogen (secondary N) is 1. The molecule has 0 bridgehead atoms. The van der Waals surface area contributed by atoms with Gasteiger partial charge in [0.05, 0.1) is 10.5 Å². The Morgan fingerprint density at radius 3 is 2.48 bits per heavy atom. The fourth-order valence-electron chi connectivity index (χ4n) is 2.17. The van der Waals surface area contributed by atoms with Gasteiger partial charge in [-0.25, -0.2) is 21.9 Å². The maximum Gasteiger partial charge on any atom is 0.338 e. The lowest BCUT2D eigenvalue weighted by Gasteiger charge is -2.15. The van der Waals surface area contributed by atoms with Crippen LogP contribution in [0, 0.1) is 5.82 Å². The van der Waals surface area contributed by atoms with E-state index in [4.69, 9.17) is 4.74 Å². The number of carbonyl (C=O) groups excluding carboxylic acids is 2. The van der Waals surface area contributed by atoms with Gasteiger partial charge in [-0.15, -0.1) is 0 Å². The summed E-state index contributed by atoms with van der Waals surface area (Å²) in [4.78, 5) is 23.8. The van der Waals surface area contributed by atoms with Crippen molar-refractivity contribution in [1.82, 2.24) is 9.62 Å². The number of benzene rings is 2. The van der Waals surface area contributed by atoms with Gasteiger partial charge in [0.2, 0.25) is 10.0 Å². The lowest BCUT2D eigenvalue weighted by atomic mass is 10.2. The van der Waals surface area contributed by atoms with Crippen molar-refractivity contribution in [3.8, 4) is 0 Å². The zero-order valence-electron chi connectivity index (χ0n) is 14.8. The summed E-state index contributed by atoms with van der Waals surface area (Å²) in [6, 6.07) is 11.2. The number of ether oxygens (including phenoxy) is 1. The lowest BCUT2D eigenvalue weighted by molar-refractivity contribution is -0.124. The zero-order valence-corrected chi connectivity index (χ0v) is 15.6. The molecule has 7 nitrogen and oxygen atoms in total. The van der Waals surface area contributed by atoms with Gasteiger partial charge in [-0.1, -0.05) is 24.3 Å². The van der Waals surface area contributed by atoms with Gasteiger partial charge in [-0.2, -0.15) is 0 Å². The smallest absolute Gasteiger partial charge is 0.338 e. The van der Waals surface area contributed by atoms with Crippen molar-refractivity contribution >= 4 is 21.9 Å². The van der Waals surface area contributed by atoms with Crippen molar-refractivity contribution < 1.29 is 27.1 Å². The molecule has 0 saturated heterocycles. The van der Waals surface area contributed by atoms with Crippen molar-refractivity contribution in [3.05, 3.63) is 65.5 Å². The van der Waals surface area contributed by atoms with Crippen LogP contribution in [0.5, 0.6) is 0 Å². The van der Waals surface area contributed by atoms with Gasteiger partial charge in [0.1, 0.15) is 5.82 Å². The SMILES string of the molecule is CN(C)S(=O)(=O)c1ccccc1CNC(=O)COC(=O)c1cccc(F)c1. The highest BCUT2D eigenvalue weighted by molar-refractivity contribution is 7.89. The van der Waals surface area contributed by atoms with Crippen molar-refractivity contribution in [2.45, 2.75) is 11.4 Å². The number of hydrogen-bond donors (Lipinski definition) is 1. The van der Waals surface area contributed by atoms with Gasteiger partial charge >= 0.3 is 5.97 Å². The second kappa shape index (κ2) is 8.74. The molecule has 0 heterocycles. The minimum atomic E-state index is -3.66. The quantitative estimate of drug-likeness (QED) is 0.720. The summed E-state index contributed by atoms with van der Waals surface area (Å²) in [5.74, 6) is -2.04. The maximum atomic E-state index is 13.1. The molecule has 0 aliphatic rings. The van der Waals surface area contributed by atoms with Gasteiger partial charge in [0.15, 0.2) is 6.61 Å². The number of amides is 1. The fourth-order valence-corrected chi connectivity index (χ4v) is 3.29. The van der Waals surface area contributed by atoms with E-state index in [1.807, 2.05) is 0 Å². The van der Waals surface area contributed by atoms with Crippen molar-refractivity contribution in [2.24, 2.45) is 0 Å². The van der Waals surface area contributed by atoms with E-state index in [1.165, 1.54) is 38.4 Å². The van der Waals surface area contributed by atoms with Crippen molar-refractivity contribution in [2.75, 3.05) is 20.7 Å². The topological polar surface area (TPSA) is 92.8 Å². The molecule has 0 radical (unpaired) electrons. The number of rotatable bonds is 7. The molecule has 2 aromatic rings. The largest absolute Gasteiger partial charge is 0.452 e. The second-order valence-electron chi connectivity index (χ2n) is 5.76. The summed E-state index contributed by atoms with van der Waals surface area (Å²) >= 11 is 0. The molecule has 0 aliphatic carbocycles. The summed E-state index contributed by atoms with van der Waals surface area (Å²) in [7, 11) is -0.834. The van der Waals surface area contributed by atoms with Crippen LogP contribution in [-0.2, 0) is 26.1 Å². The first-order valence-corrected chi connectivity index (χ1v) is 9.35. The average Bonchev–Trinajstić information content (AvgIpc) is 2.64. The molecule has 2 aromatic carbocycles. The Hall–Kier alpha value is -2.78. The molecule has 1 amide bonds. The van der Waals surface area contributed by atoms with Crippen LogP contribution in [-0.4, -0.2) is 45.3 Å². The first kappa shape index (κ1) is 20.5. The number of sulfonamides is 1. The van der Waals surface area contributed by atoms with E-state index in [-0.39, 0.29) is 17.0 Å². The van der Waals surface area contributed by atoms with Gasteiger partial charge in [-0.3, -0.25) is 4.79 Å². The number of esters is 1. The molecule has 0 saturated carbocycles. The minimum absolute atomic E-state index is 0.00905. The van der Waals surface area contributed by atoms with Gasteiger partial charge in [-0.05, 0) is 29.8 Å². The Morgan fingerprint density at radius 1 is 1.11 bits per heavy atom. The summed E-state index contributed by atoms with van der Waals surface area (Å²) in [6.45, 7) is -0.627. The molecule has 0 atom stereocenters.